The first-order valence-electron chi connectivity index (χ1n) is 9.57. The fraction of sp³-hybridized carbons (Fsp3) is 0.409. The summed E-state index contributed by atoms with van der Waals surface area (Å²) in [6.07, 6.45) is 0. The molecule has 1 fully saturated rings. The number of carbonyl (C=O) groups is 1. The van der Waals surface area contributed by atoms with Crippen LogP contribution in [0, 0.1) is 0 Å². The van der Waals surface area contributed by atoms with Gasteiger partial charge in [0.05, 0.1) is 7.11 Å². The number of hydrogen-bond acceptors (Lipinski definition) is 4. The third-order valence-corrected chi connectivity index (χ3v) is 5.45. The SMILES string of the molecule is COc1cc(C(=O)N2CCN(C(C)C)CC2)ccc1OCc1ccccc1Cl. The lowest BCUT2D eigenvalue weighted by Crippen LogP contribution is -2.50. The van der Waals surface area contributed by atoms with Gasteiger partial charge in [-0.2, -0.15) is 0 Å². The summed E-state index contributed by atoms with van der Waals surface area (Å²) in [7, 11) is 1.58. The first kappa shape index (κ1) is 20.5. The normalized spacial score (nSPS) is 15.0. The Hall–Kier alpha value is -2.24. The first-order chi connectivity index (χ1) is 13.5. The number of nitrogens with zero attached hydrogens (tertiary/aromatic N) is 2. The Labute approximate surface area is 171 Å². The van der Waals surface area contributed by atoms with E-state index in [1.165, 1.54) is 0 Å². The third kappa shape index (κ3) is 4.78. The van der Waals surface area contributed by atoms with Crippen molar-refractivity contribution in [2.24, 2.45) is 0 Å². The van der Waals surface area contributed by atoms with Crippen molar-refractivity contribution >= 4 is 17.5 Å². The van der Waals surface area contributed by atoms with Crippen LogP contribution in [0.25, 0.3) is 0 Å². The number of amides is 1. The highest BCUT2D eigenvalue weighted by Gasteiger charge is 2.24. The summed E-state index contributed by atoms with van der Waals surface area (Å²) < 4.78 is 11.3. The standard InChI is InChI=1S/C22H27ClN2O3/c1-16(2)24-10-12-25(13-11-24)22(26)17-8-9-20(21(14-17)27-3)28-15-18-6-4-5-7-19(18)23/h4-9,14,16H,10-13,15H2,1-3H3. The molecule has 28 heavy (non-hydrogen) atoms. The summed E-state index contributed by atoms with van der Waals surface area (Å²) in [6.45, 7) is 7.99. The van der Waals surface area contributed by atoms with Crippen molar-refractivity contribution in [3.63, 3.8) is 0 Å². The molecule has 0 N–H and O–H groups in total. The van der Waals surface area contributed by atoms with E-state index in [9.17, 15) is 4.79 Å². The molecule has 1 heterocycles. The lowest BCUT2D eigenvalue weighted by molar-refractivity contribution is 0.0595. The molecule has 6 heteroatoms. The molecule has 5 nitrogen and oxygen atoms in total. The highest BCUT2D eigenvalue weighted by atomic mass is 35.5. The van der Waals surface area contributed by atoms with Gasteiger partial charge in [0, 0.05) is 48.4 Å². The van der Waals surface area contributed by atoms with E-state index in [-0.39, 0.29) is 5.91 Å². The molecule has 150 valence electrons. The number of benzene rings is 2. The van der Waals surface area contributed by atoms with E-state index in [4.69, 9.17) is 21.1 Å². The van der Waals surface area contributed by atoms with Crippen LogP contribution in [0.15, 0.2) is 42.5 Å². The van der Waals surface area contributed by atoms with Crippen LogP contribution in [0.3, 0.4) is 0 Å². The van der Waals surface area contributed by atoms with Crippen molar-refractivity contribution in [3.05, 3.63) is 58.6 Å². The second kappa shape index (κ2) is 9.30. The van der Waals surface area contributed by atoms with Crippen molar-refractivity contribution < 1.29 is 14.3 Å². The molecule has 2 aromatic carbocycles. The quantitative estimate of drug-likeness (QED) is 0.729. The summed E-state index contributed by atoms with van der Waals surface area (Å²) in [6, 6.07) is 13.4. The fourth-order valence-electron chi connectivity index (χ4n) is 3.31. The zero-order valence-corrected chi connectivity index (χ0v) is 17.4. The smallest absolute Gasteiger partial charge is 0.254 e. The zero-order chi connectivity index (χ0) is 20.1. The van der Waals surface area contributed by atoms with Gasteiger partial charge in [0.15, 0.2) is 11.5 Å². The minimum Gasteiger partial charge on any atom is -0.493 e. The van der Waals surface area contributed by atoms with Gasteiger partial charge in [-0.1, -0.05) is 29.8 Å². The molecule has 0 bridgehead atoms. The topological polar surface area (TPSA) is 42.0 Å². The predicted octanol–water partition coefficient (Wildman–Crippen LogP) is 4.09. The van der Waals surface area contributed by atoms with Crippen molar-refractivity contribution in [3.8, 4) is 11.5 Å². The van der Waals surface area contributed by atoms with E-state index in [0.717, 1.165) is 31.7 Å². The van der Waals surface area contributed by atoms with E-state index >= 15 is 0 Å². The Morgan fingerprint density at radius 2 is 1.79 bits per heavy atom. The lowest BCUT2D eigenvalue weighted by Gasteiger charge is -2.37. The Bertz CT molecular complexity index is 817. The highest BCUT2D eigenvalue weighted by molar-refractivity contribution is 6.31. The predicted molar refractivity (Wildman–Crippen MR) is 111 cm³/mol. The average molecular weight is 403 g/mol. The second-order valence-corrected chi connectivity index (χ2v) is 7.57. The molecular formula is C22H27ClN2O3. The molecule has 0 atom stereocenters. The van der Waals surface area contributed by atoms with E-state index in [0.29, 0.717) is 34.7 Å². The van der Waals surface area contributed by atoms with Crippen molar-refractivity contribution in [2.75, 3.05) is 33.3 Å². The van der Waals surface area contributed by atoms with Crippen LogP contribution in [0.2, 0.25) is 5.02 Å². The number of rotatable bonds is 6. The Balaban J connectivity index is 1.67. The van der Waals surface area contributed by atoms with Gasteiger partial charge in [-0.15, -0.1) is 0 Å². The molecule has 1 aliphatic rings. The molecule has 0 aromatic heterocycles. The maximum Gasteiger partial charge on any atom is 0.254 e. The lowest BCUT2D eigenvalue weighted by atomic mass is 10.1. The number of methoxy groups -OCH3 is 1. The minimum atomic E-state index is 0.0272. The van der Waals surface area contributed by atoms with Gasteiger partial charge in [0.2, 0.25) is 0 Å². The van der Waals surface area contributed by atoms with Gasteiger partial charge < -0.3 is 14.4 Å². The number of halogens is 1. The second-order valence-electron chi connectivity index (χ2n) is 7.17. The number of piperazine rings is 1. The Kier molecular flexibility index (Phi) is 6.81. The van der Waals surface area contributed by atoms with Gasteiger partial charge in [0.1, 0.15) is 6.61 Å². The fourth-order valence-corrected chi connectivity index (χ4v) is 3.51. The minimum absolute atomic E-state index is 0.0272. The maximum absolute atomic E-state index is 12.9. The van der Waals surface area contributed by atoms with Crippen LogP contribution in [0.5, 0.6) is 11.5 Å². The van der Waals surface area contributed by atoms with Gasteiger partial charge >= 0.3 is 0 Å². The molecule has 1 amide bonds. The van der Waals surface area contributed by atoms with E-state index in [2.05, 4.69) is 18.7 Å². The van der Waals surface area contributed by atoms with E-state index < -0.39 is 0 Å². The summed E-state index contributed by atoms with van der Waals surface area (Å²) in [4.78, 5) is 17.2. The first-order valence-corrected chi connectivity index (χ1v) is 9.95. The third-order valence-electron chi connectivity index (χ3n) is 5.08. The maximum atomic E-state index is 12.9. The van der Waals surface area contributed by atoms with Crippen LogP contribution < -0.4 is 9.47 Å². The number of hydrogen-bond donors (Lipinski definition) is 0. The molecule has 3 rings (SSSR count). The summed E-state index contributed by atoms with van der Waals surface area (Å²) in [5.41, 5.74) is 1.51. The van der Waals surface area contributed by atoms with Gasteiger partial charge in [-0.25, -0.2) is 0 Å². The van der Waals surface area contributed by atoms with E-state index in [1.807, 2.05) is 29.2 Å². The van der Waals surface area contributed by atoms with Crippen molar-refractivity contribution in [1.82, 2.24) is 9.80 Å². The molecule has 1 aliphatic heterocycles. The molecular weight excluding hydrogens is 376 g/mol. The molecule has 0 aliphatic carbocycles. The Morgan fingerprint density at radius 1 is 1.07 bits per heavy atom. The summed E-state index contributed by atoms with van der Waals surface area (Å²) in [5.74, 6) is 1.15. The largest absolute Gasteiger partial charge is 0.493 e. The van der Waals surface area contributed by atoms with Crippen LogP contribution >= 0.6 is 11.6 Å². The van der Waals surface area contributed by atoms with Gasteiger partial charge in [-0.3, -0.25) is 9.69 Å². The van der Waals surface area contributed by atoms with Crippen LogP contribution in [0.1, 0.15) is 29.8 Å². The van der Waals surface area contributed by atoms with Crippen LogP contribution in [0.4, 0.5) is 0 Å². The molecule has 0 saturated carbocycles. The van der Waals surface area contributed by atoms with Crippen molar-refractivity contribution in [1.29, 1.82) is 0 Å². The molecule has 0 radical (unpaired) electrons. The van der Waals surface area contributed by atoms with E-state index in [1.54, 1.807) is 25.3 Å². The molecule has 0 unspecified atom stereocenters. The summed E-state index contributed by atoms with van der Waals surface area (Å²) >= 11 is 6.18. The molecule has 2 aromatic rings. The molecule has 1 saturated heterocycles. The van der Waals surface area contributed by atoms with Crippen LogP contribution in [-0.4, -0.2) is 55.0 Å². The number of ether oxygens (including phenoxy) is 2. The van der Waals surface area contributed by atoms with Gasteiger partial charge in [0.25, 0.3) is 5.91 Å². The van der Waals surface area contributed by atoms with Crippen LogP contribution in [-0.2, 0) is 6.61 Å². The van der Waals surface area contributed by atoms with Crippen molar-refractivity contribution in [2.45, 2.75) is 26.5 Å². The monoisotopic (exact) mass is 402 g/mol. The highest BCUT2D eigenvalue weighted by Crippen LogP contribution is 2.30. The number of carbonyl (C=O) groups excluding carboxylic acids is 1. The average Bonchev–Trinajstić information content (AvgIpc) is 2.72. The van der Waals surface area contributed by atoms with Gasteiger partial charge in [-0.05, 0) is 38.1 Å². The Morgan fingerprint density at radius 3 is 2.43 bits per heavy atom. The summed E-state index contributed by atoms with van der Waals surface area (Å²) in [5, 5.41) is 0.661. The molecule has 0 spiro atoms. The zero-order valence-electron chi connectivity index (χ0n) is 16.7.